The largest absolute Gasteiger partial charge is 0.465 e. The van der Waals surface area contributed by atoms with Crippen LogP contribution in [0.5, 0.6) is 0 Å². The number of nitrogens with zero attached hydrogens (tertiary/aromatic N) is 1. The summed E-state index contributed by atoms with van der Waals surface area (Å²) < 4.78 is 44.7. The van der Waals surface area contributed by atoms with Crippen LogP contribution in [0.2, 0.25) is 0 Å². The van der Waals surface area contributed by atoms with E-state index in [1.54, 1.807) is 43.1 Å². The van der Waals surface area contributed by atoms with E-state index in [1.165, 1.54) is 12.1 Å². The van der Waals surface area contributed by atoms with Gasteiger partial charge in [-0.05, 0) is 65.8 Å². The molecule has 238 valence electrons. The molecule has 6 nitrogen and oxygen atoms in total. The van der Waals surface area contributed by atoms with Crippen molar-refractivity contribution in [1.82, 2.24) is 10.2 Å². The van der Waals surface area contributed by atoms with Gasteiger partial charge in [0.1, 0.15) is 5.41 Å². The lowest BCUT2D eigenvalue weighted by molar-refractivity contribution is -0.149. The molecule has 0 heterocycles. The number of amides is 2. The highest BCUT2D eigenvalue weighted by molar-refractivity contribution is 6.01. The van der Waals surface area contributed by atoms with Gasteiger partial charge in [0.05, 0.1) is 18.1 Å². The van der Waals surface area contributed by atoms with Crippen LogP contribution in [-0.2, 0) is 25.9 Å². The number of esters is 1. The minimum absolute atomic E-state index is 0.127. The molecular formula is C37H35F3N2O4. The minimum Gasteiger partial charge on any atom is -0.465 e. The first kappa shape index (κ1) is 32.5. The Kier molecular flexibility index (Phi) is 9.60. The molecule has 4 aromatic carbocycles. The summed E-state index contributed by atoms with van der Waals surface area (Å²) >= 11 is 0. The molecule has 1 aliphatic carbocycles. The second-order valence-corrected chi connectivity index (χ2v) is 11.3. The van der Waals surface area contributed by atoms with Crippen LogP contribution in [0, 0.1) is 0 Å². The molecular weight excluding hydrogens is 593 g/mol. The first-order valence-corrected chi connectivity index (χ1v) is 15.2. The Morgan fingerprint density at radius 3 is 2.24 bits per heavy atom. The molecule has 46 heavy (non-hydrogen) atoms. The summed E-state index contributed by atoms with van der Waals surface area (Å²) in [5.74, 6) is -1.35. The molecule has 0 radical (unpaired) electrons. The Morgan fingerprint density at radius 1 is 0.891 bits per heavy atom. The predicted molar refractivity (Wildman–Crippen MR) is 169 cm³/mol. The van der Waals surface area contributed by atoms with Crippen LogP contribution in [0.3, 0.4) is 0 Å². The number of nitrogens with one attached hydrogen (secondary N) is 1. The maximum Gasteiger partial charge on any atom is 0.416 e. The van der Waals surface area contributed by atoms with Gasteiger partial charge in [-0.2, -0.15) is 13.2 Å². The Bertz CT molecular complexity index is 1710. The second kappa shape index (κ2) is 13.6. The van der Waals surface area contributed by atoms with Crippen LogP contribution in [0.4, 0.5) is 13.2 Å². The molecule has 0 unspecified atom stereocenters. The van der Waals surface area contributed by atoms with E-state index in [1.807, 2.05) is 54.6 Å². The zero-order valence-corrected chi connectivity index (χ0v) is 25.6. The number of rotatable bonds is 9. The standard InChI is InChI=1S/C37H35F3N2O4/c1-3-46-35(45)36(26-11-5-4-6-12-26)22-21-31(29-14-9-10-16-32(29)36)34(44)42(2)24-23-41-33(43)30-15-8-7-13-28(30)25-17-19-27(20-18-25)37(38,39)40/h4-20,31H,3,21-24H2,1-2H3,(H,41,43)/t31-,36-/m0/s1. The first-order chi connectivity index (χ1) is 22.1. The monoisotopic (exact) mass is 628 g/mol. The van der Waals surface area contributed by atoms with E-state index >= 15 is 0 Å². The van der Waals surface area contributed by atoms with E-state index in [9.17, 15) is 27.6 Å². The summed E-state index contributed by atoms with van der Waals surface area (Å²) in [5.41, 5.74) is 1.85. The van der Waals surface area contributed by atoms with Crippen molar-refractivity contribution in [1.29, 1.82) is 0 Å². The lowest BCUT2D eigenvalue weighted by atomic mass is 9.63. The Hall–Kier alpha value is -4.92. The van der Waals surface area contributed by atoms with E-state index in [2.05, 4.69) is 5.32 Å². The van der Waals surface area contributed by atoms with Crippen LogP contribution in [0.1, 0.15) is 58.3 Å². The van der Waals surface area contributed by atoms with Crippen LogP contribution >= 0.6 is 0 Å². The number of hydrogen-bond acceptors (Lipinski definition) is 4. The van der Waals surface area contributed by atoms with E-state index in [4.69, 9.17) is 4.74 Å². The maximum atomic E-state index is 13.8. The molecule has 0 spiro atoms. The molecule has 0 bridgehead atoms. The number of benzene rings is 4. The zero-order valence-electron chi connectivity index (χ0n) is 25.6. The molecule has 4 aromatic rings. The third-order valence-electron chi connectivity index (χ3n) is 8.60. The van der Waals surface area contributed by atoms with Gasteiger partial charge in [-0.1, -0.05) is 84.9 Å². The van der Waals surface area contributed by atoms with Crippen molar-refractivity contribution >= 4 is 17.8 Å². The number of alkyl halides is 3. The molecule has 0 saturated carbocycles. The lowest BCUT2D eigenvalue weighted by Gasteiger charge is -2.41. The highest BCUT2D eigenvalue weighted by Gasteiger charge is 2.49. The van der Waals surface area contributed by atoms with Crippen molar-refractivity contribution in [3.8, 4) is 11.1 Å². The fourth-order valence-electron chi connectivity index (χ4n) is 6.28. The lowest BCUT2D eigenvalue weighted by Crippen LogP contribution is -2.45. The Morgan fingerprint density at radius 2 is 1.54 bits per heavy atom. The van der Waals surface area contributed by atoms with Gasteiger partial charge in [0, 0.05) is 25.7 Å². The maximum absolute atomic E-state index is 13.8. The van der Waals surface area contributed by atoms with Gasteiger partial charge in [-0.15, -0.1) is 0 Å². The molecule has 2 amide bonds. The van der Waals surface area contributed by atoms with Gasteiger partial charge in [-0.25, -0.2) is 0 Å². The summed E-state index contributed by atoms with van der Waals surface area (Å²) in [7, 11) is 1.68. The van der Waals surface area contributed by atoms with Crippen molar-refractivity contribution in [2.75, 3.05) is 26.7 Å². The van der Waals surface area contributed by atoms with Gasteiger partial charge >= 0.3 is 12.1 Å². The van der Waals surface area contributed by atoms with Gasteiger partial charge in [0.2, 0.25) is 5.91 Å². The highest BCUT2D eigenvalue weighted by atomic mass is 19.4. The van der Waals surface area contributed by atoms with E-state index < -0.39 is 29.0 Å². The van der Waals surface area contributed by atoms with Crippen molar-refractivity contribution in [2.24, 2.45) is 0 Å². The third-order valence-corrected chi connectivity index (χ3v) is 8.60. The van der Waals surface area contributed by atoms with Crippen LogP contribution in [0.25, 0.3) is 11.1 Å². The molecule has 0 fully saturated rings. The number of likely N-dealkylation sites (N-methyl/N-ethyl adjacent to an activating group) is 1. The second-order valence-electron chi connectivity index (χ2n) is 11.3. The number of carbonyl (C=O) groups excluding carboxylic acids is 3. The van der Waals surface area contributed by atoms with E-state index in [0.717, 1.165) is 28.8 Å². The average molecular weight is 629 g/mol. The number of hydrogen-bond donors (Lipinski definition) is 1. The average Bonchev–Trinajstić information content (AvgIpc) is 3.07. The molecule has 5 rings (SSSR count). The van der Waals surface area contributed by atoms with E-state index in [-0.39, 0.29) is 31.6 Å². The number of carbonyl (C=O) groups is 3. The topological polar surface area (TPSA) is 75.7 Å². The zero-order chi connectivity index (χ0) is 32.9. The molecule has 0 aliphatic heterocycles. The number of halogens is 3. The van der Waals surface area contributed by atoms with Crippen molar-refractivity contribution in [2.45, 2.75) is 37.3 Å². The predicted octanol–water partition coefficient (Wildman–Crippen LogP) is 6.99. The third kappa shape index (κ3) is 6.40. The molecule has 2 atom stereocenters. The molecule has 1 N–H and O–H groups in total. The molecule has 1 aliphatic rings. The van der Waals surface area contributed by atoms with Gasteiger partial charge in [-0.3, -0.25) is 14.4 Å². The Labute approximate surface area is 266 Å². The summed E-state index contributed by atoms with van der Waals surface area (Å²) in [6.07, 6.45) is -3.63. The number of fused-ring (bicyclic) bond motifs is 1. The summed E-state index contributed by atoms with van der Waals surface area (Å²) in [6, 6.07) is 28.4. The fraction of sp³-hybridized carbons (Fsp3) is 0.270. The summed E-state index contributed by atoms with van der Waals surface area (Å²) in [5, 5.41) is 2.84. The fourth-order valence-corrected chi connectivity index (χ4v) is 6.28. The molecule has 0 aromatic heterocycles. The SMILES string of the molecule is CCOC(=O)[C@]1(c2ccccc2)CC[C@H](C(=O)N(C)CCNC(=O)c2ccccc2-c2ccc(C(F)(F)F)cc2)c2ccccc21. The van der Waals surface area contributed by atoms with Crippen LogP contribution in [-0.4, -0.2) is 49.4 Å². The molecule has 9 heteroatoms. The van der Waals surface area contributed by atoms with Gasteiger partial charge < -0.3 is 15.0 Å². The van der Waals surface area contributed by atoms with Gasteiger partial charge in [0.25, 0.3) is 5.91 Å². The highest BCUT2D eigenvalue weighted by Crippen LogP contribution is 2.48. The van der Waals surface area contributed by atoms with Crippen LogP contribution < -0.4 is 5.32 Å². The smallest absolute Gasteiger partial charge is 0.416 e. The number of ether oxygens (including phenoxy) is 1. The first-order valence-electron chi connectivity index (χ1n) is 15.2. The van der Waals surface area contributed by atoms with Crippen LogP contribution in [0.15, 0.2) is 103 Å². The molecule has 0 saturated heterocycles. The van der Waals surface area contributed by atoms with Gasteiger partial charge in [0.15, 0.2) is 0 Å². The van der Waals surface area contributed by atoms with E-state index in [0.29, 0.717) is 29.5 Å². The Balaban J connectivity index is 1.29. The van der Waals surface area contributed by atoms with Crippen molar-refractivity contribution in [3.05, 3.63) is 131 Å². The minimum atomic E-state index is -4.45. The van der Waals surface area contributed by atoms with Crippen molar-refractivity contribution in [3.63, 3.8) is 0 Å². The normalized spacial score (nSPS) is 17.5. The summed E-state index contributed by atoms with van der Waals surface area (Å²) in [4.78, 5) is 42.1. The summed E-state index contributed by atoms with van der Waals surface area (Å²) in [6.45, 7) is 2.40. The van der Waals surface area contributed by atoms with Crippen molar-refractivity contribution < 1.29 is 32.3 Å². The quantitative estimate of drug-likeness (QED) is 0.203.